The van der Waals surface area contributed by atoms with Gasteiger partial charge in [0.25, 0.3) is 0 Å². The third-order valence-corrected chi connectivity index (χ3v) is 4.48. The lowest BCUT2D eigenvalue weighted by Crippen LogP contribution is -2.39. The molecule has 7 heteroatoms. The standard InChI is InChI=1S/C19H26N4O3/c1-3-23-13-16(11-20-23)21-19(24)22(14-18-5-4-10-26-18)12-15-6-8-17(25-2)9-7-15/h6-9,11,13,18H,3-5,10,12,14H2,1-2H3,(H,21,24)/t18-/m1/s1. The van der Waals surface area contributed by atoms with E-state index in [0.717, 1.165) is 37.3 Å². The molecule has 3 rings (SSSR count). The molecule has 2 aromatic rings. The van der Waals surface area contributed by atoms with Gasteiger partial charge in [0.2, 0.25) is 0 Å². The maximum Gasteiger partial charge on any atom is 0.322 e. The summed E-state index contributed by atoms with van der Waals surface area (Å²) in [4.78, 5) is 14.6. The van der Waals surface area contributed by atoms with Crippen molar-refractivity contribution in [1.29, 1.82) is 0 Å². The number of nitrogens with zero attached hydrogens (tertiary/aromatic N) is 3. The summed E-state index contributed by atoms with van der Waals surface area (Å²) in [6.07, 6.45) is 5.62. The molecule has 1 aliphatic heterocycles. The zero-order chi connectivity index (χ0) is 18.4. The van der Waals surface area contributed by atoms with Crippen LogP contribution in [0.4, 0.5) is 10.5 Å². The molecule has 140 valence electrons. The van der Waals surface area contributed by atoms with Gasteiger partial charge in [-0.25, -0.2) is 4.79 Å². The van der Waals surface area contributed by atoms with Crippen LogP contribution >= 0.6 is 0 Å². The average Bonchev–Trinajstić information content (AvgIpc) is 3.33. The largest absolute Gasteiger partial charge is 0.497 e. The second-order valence-electron chi connectivity index (χ2n) is 6.38. The Kier molecular flexibility index (Phi) is 6.12. The number of benzene rings is 1. The SMILES string of the molecule is CCn1cc(NC(=O)N(Cc2ccc(OC)cc2)C[C@H]2CCCO2)cn1. The van der Waals surface area contributed by atoms with Gasteiger partial charge in [-0.2, -0.15) is 5.10 Å². The third-order valence-electron chi connectivity index (χ3n) is 4.48. The van der Waals surface area contributed by atoms with Crippen molar-refractivity contribution in [1.82, 2.24) is 14.7 Å². The van der Waals surface area contributed by atoms with Crippen LogP contribution in [0.2, 0.25) is 0 Å². The molecule has 1 atom stereocenters. The fraction of sp³-hybridized carbons (Fsp3) is 0.474. The number of carbonyl (C=O) groups is 1. The molecule has 0 aliphatic carbocycles. The van der Waals surface area contributed by atoms with Crippen molar-refractivity contribution in [2.45, 2.75) is 39.0 Å². The maximum absolute atomic E-state index is 12.8. The monoisotopic (exact) mass is 358 g/mol. The lowest BCUT2D eigenvalue weighted by Gasteiger charge is -2.25. The van der Waals surface area contributed by atoms with Gasteiger partial charge in [-0.3, -0.25) is 4.68 Å². The first-order chi connectivity index (χ1) is 12.7. The van der Waals surface area contributed by atoms with E-state index in [9.17, 15) is 4.79 Å². The van der Waals surface area contributed by atoms with Crippen molar-refractivity contribution in [3.05, 3.63) is 42.2 Å². The van der Waals surface area contributed by atoms with Crippen LogP contribution in [0, 0.1) is 0 Å². The van der Waals surface area contributed by atoms with Crippen molar-refractivity contribution in [3.63, 3.8) is 0 Å². The van der Waals surface area contributed by atoms with Crippen LogP contribution in [0.5, 0.6) is 5.75 Å². The van der Waals surface area contributed by atoms with E-state index in [1.54, 1.807) is 22.9 Å². The number of anilines is 1. The Morgan fingerprint density at radius 1 is 1.42 bits per heavy atom. The number of carbonyl (C=O) groups excluding carboxylic acids is 1. The molecule has 0 radical (unpaired) electrons. The fourth-order valence-corrected chi connectivity index (χ4v) is 3.01. The molecule has 1 aromatic heterocycles. The highest BCUT2D eigenvalue weighted by Crippen LogP contribution is 2.18. The lowest BCUT2D eigenvalue weighted by molar-refractivity contribution is 0.0819. The number of ether oxygens (including phenoxy) is 2. The van der Waals surface area contributed by atoms with Gasteiger partial charge in [0.05, 0.1) is 25.1 Å². The second-order valence-corrected chi connectivity index (χ2v) is 6.38. The van der Waals surface area contributed by atoms with E-state index in [4.69, 9.17) is 9.47 Å². The first kappa shape index (κ1) is 18.3. The molecule has 26 heavy (non-hydrogen) atoms. The Hall–Kier alpha value is -2.54. The Balaban J connectivity index is 1.69. The summed E-state index contributed by atoms with van der Waals surface area (Å²) in [5.74, 6) is 0.802. The van der Waals surface area contributed by atoms with Gasteiger partial charge in [0, 0.05) is 32.4 Å². The van der Waals surface area contributed by atoms with Crippen LogP contribution in [-0.2, 0) is 17.8 Å². The van der Waals surface area contributed by atoms with E-state index in [0.29, 0.717) is 18.8 Å². The highest BCUT2D eigenvalue weighted by atomic mass is 16.5. The third kappa shape index (κ3) is 4.76. The molecule has 0 spiro atoms. The van der Waals surface area contributed by atoms with Gasteiger partial charge >= 0.3 is 6.03 Å². The number of methoxy groups -OCH3 is 1. The van der Waals surface area contributed by atoms with Crippen molar-refractivity contribution < 1.29 is 14.3 Å². The van der Waals surface area contributed by atoms with Crippen LogP contribution in [0.1, 0.15) is 25.3 Å². The number of hydrogen-bond acceptors (Lipinski definition) is 4. The average molecular weight is 358 g/mol. The summed E-state index contributed by atoms with van der Waals surface area (Å²) in [6, 6.07) is 7.62. The summed E-state index contributed by atoms with van der Waals surface area (Å²) in [5, 5.41) is 7.14. The van der Waals surface area contributed by atoms with Crippen molar-refractivity contribution in [3.8, 4) is 5.75 Å². The minimum Gasteiger partial charge on any atom is -0.497 e. The minimum absolute atomic E-state index is 0.0948. The summed E-state index contributed by atoms with van der Waals surface area (Å²) < 4.78 is 12.7. The summed E-state index contributed by atoms with van der Waals surface area (Å²) in [7, 11) is 1.64. The Bertz CT molecular complexity index is 708. The molecule has 2 heterocycles. The van der Waals surface area contributed by atoms with Crippen molar-refractivity contribution >= 4 is 11.7 Å². The molecule has 1 fully saturated rings. The molecule has 2 amide bonds. The molecule has 0 bridgehead atoms. The summed E-state index contributed by atoms with van der Waals surface area (Å²) >= 11 is 0. The first-order valence-corrected chi connectivity index (χ1v) is 9.01. The molecule has 7 nitrogen and oxygen atoms in total. The van der Waals surface area contributed by atoms with Crippen molar-refractivity contribution in [2.24, 2.45) is 0 Å². The first-order valence-electron chi connectivity index (χ1n) is 9.01. The molecule has 1 aromatic carbocycles. The Morgan fingerprint density at radius 3 is 2.85 bits per heavy atom. The smallest absolute Gasteiger partial charge is 0.322 e. The van der Waals surface area contributed by atoms with Gasteiger partial charge < -0.3 is 19.7 Å². The highest BCUT2D eigenvalue weighted by molar-refractivity contribution is 5.89. The molecular weight excluding hydrogens is 332 g/mol. The molecule has 0 saturated carbocycles. The van der Waals surface area contributed by atoms with E-state index < -0.39 is 0 Å². The zero-order valence-electron chi connectivity index (χ0n) is 15.4. The predicted molar refractivity (Wildman–Crippen MR) is 99.3 cm³/mol. The summed E-state index contributed by atoms with van der Waals surface area (Å²) in [5.41, 5.74) is 1.74. The van der Waals surface area contributed by atoms with Crippen LogP contribution in [0.25, 0.3) is 0 Å². The number of amides is 2. The van der Waals surface area contributed by atoms with Crippen molar-refractivity contribution in [2.75, 3.05) is 25.6 Å². The van der Waals surface area contributed by atoms with E-state index in [-0.39, 0.29) is 12.1 Å². The Labute approximate surface area is 153 Å². The lowest BCUT2D eigenvalue weighted by atomic mass is 10.2. The molecule has 1 saturated heterocycles. The number of urea groups is 1. The summed E-state index contributed by atoms with van der Waals surface area (Å²) in [6.45, 7) is 4.62. The minimum atomic E-state index is -0.146. The van der Waals surface area contributed by atoms with Crippen LogP contribution in [-0.4, -0.2) is 47.1 Å². The Morgan fingerprint density at radius 2 is 2.23 bits per heavy atom. The van der Waals surface area contributed by atoms with Gasteiger partial charge in [-0.05, 0) is 37.5 Å². The molecule has 1 aliphatic rings. The van der Waals surface area contributed by atoms with E-state index in [1.807, 2.05) is 37.4 Å². The van der Waals surface area contributed by atoms with Gasteiger partial charge in [-0.15, -0.1) is 0 Å². The van der Waals surface area contributed by atoms with Gasteiger partial charge in [-0.1, -0.05) is 12.1 Å². The number of aryl methyl sites for hydroxylation is 1. The van der Waals surface area contributed by atoms with Crippen LogP contribution in [0.3, 0.4) is 0 Å². The van der Waals surface area contributed by atoms with Crippen LogP contribution < -0.4 is 10.1 Å². The maximum atomic E-state index is 12.8. The zero-order valence-corrected chi connectivity index (χ0v) is 15.4. The van der Waals surface area contributed by atoms with Gasteiger partial charge in [0.1, 0.15) is 5.75 Å². The number of nitrogens with one attached hydrogen (secondary N) is 1. The van der Waals surface area contributed by atoms with E-state index in [1.165, 1.54) is 0 Å². The molecule has 0 unspecified atom stereocenters. The van der Waals surface area contributed by atoms with E-state index >= 15 is 0 Å². The molecule has 1 N–H and O–H groups in total. The fourth-order valence-electron chi connectivity index (χ4n) is 3.01. The van der Waals surface area contributed by atoms with Gasteiger partial charge in [0.15, 0.2) is 0 Å². The quantitative estimate of drug-likeness (QED) is 0.826. The second kappa shape index (κ2) is 8.71. The number of rotatable bonds is 7. The number of hydrogen-bond donors (Lipinski definition) is 1. The molecular formula is C19H26N4O3. The highest BCUT2D eigenvalue weighted by Gasteiger charge is 2.23. The number of aromatic nitrogens is 2. The predicted octanol–water partition coefficient (Wildman–Crippen LogP) is 3.12. The van der Waals surface area contributed by atoms with Crippen LogP contribution in [0.15, 0.2) is 36.7 Å². The normalized spacial score (nSPS) is 16.5. The topological polar surface area (TPSA) is 68.6 Å². The van der Waals surface area contributed by atoms with E-state index in [2.05, 4.69) is 10.4 Å².